The van der Waals surface area contributed by atoms with Crippen molar-refractivity contribution in [1.82, 2.24) is 14.4 Å². The third kappa shape index (κ3) is 1.76. The van der Waals surface area contributed by atoms with Crippen molar-refractivity contribution < 1.29 is 5.11 Å². The molecule has 0 aliphatic rings. The molecule has 1 N–H and O–H groups in total. The van der Waals surface area contributed by atoms with Gasteiger partial charge in [-0.15, -0.1) is 0 Å². The smallest absolute Gasteiger partial charge is 0.224 e. The van der Waals surface area contributed by atoms with Crippen molar-refractivity contribution in [3.05, 3.63) is 60.3 Å². The molecule has 0 aliphatic heterocycles. The van der Waals surface area contributed by atoms with Crippen molar-refractivity contribution in [2.75, 3.05) is 0 Å². The van der Waals surface area contributed by atoms with Gasteiger partial charge in [-0.1, -0.05) is 42.0 Å². The summed E-state index contributed by atoms with van der Waals surface area (Å²) in [5.74, 6) is 0.146. The Hall–Kier alpha value is -2.88. The molecule has 0 amide bonds. The van der Waals surface area contributed by atoms with Crippen molar-refractivity contribution in [2.24, 2.45) is 0 Å². The topological polar surface area (TPSA) is 50.4 Å². The molecule has 2 heterocycles. The third-order valence-electron chi connectivity index (χ3n) is 3.65. The molecule has 4 heteroatoms. The highest BCUT2D eigenvalue weighted by Crippen LogP contribution is 2.31. The van der Waals surface area contributed by atoms with Gasteiger partial charge in [0.2, 0.25) is 5.88 Å². The Morgan fingerprint density at radius 2 is 1.76 bits per heavy atom. The van der Waals surface area contributed by atoms with Crippen LogP contribution in [0.1, 0.15) is 5.56 Å². The average molecular weight is 275 g/mol. The number of rotatable bonds is 1. The Morgan fingerprint density at radius 3 is 2.57 bits per heavy atom. The van der Waals surface area contributed by atoms with Crippen LogP contribution in [0.15, 0.2) is 54.7 Å². The van der Waals surface area contributed by atoms with Gasteiger partial charge in [0.05, 0.1) is 17.2 Å². The molecule has 2 aromatic heterocycles. The van der Waals surface area contributed by atoms with Gasteiger partial charge in [-0.25, -0.2) is 4.98 Å². The fourth-order valence-electron chi connectivity index (χ4n) is 2.55. The van der Waals surface area contributed by atoms with E-state index in [-0.39, 0.29) is 5.88 Å². The zero-order valence-corrected chi connectivity index (χ0v) is 11.5. The van der Waals surface area contributed by atoms with Crippen LogP contribution in [0.3, 0.4) is 0 Å². The lowest BCUT2D eigenvalue weighted by molar-refractivity contribution is 0.453. The van der Waals surface area contributed by atoms with Crippen LogP contribution in [0.4, 0.5) is 0 Å². The van der Waals surface area contributed by atoms with Crippen molar-refractivity contribution in [2.45, 2.75) is 6.92 Å². The summed E-state index contributed by atoms with van der Waals surface area (Å²) in [6.45, 7) is 2.03. The second-order valence-electron chi connectivity index (χ2n) is 5.09. The molecule has 0 saturated carbocycles. The van der Waals surface area contributed by atoms with Gasteiger partial charge in [-0.2, -0.15) is 0 Å². The lowest BCUT2D eigenvalue weighted by atomic mass is 10.1. The Bertz CT molecular complexity index is 955. The molecule has 102 valence electrons. The first kappa shape index (κ1) is 11.9. The van der Waals surface area contributed by atoms with E-state index in [0.29, 0.717) is 11.3 Å². The fraction of sp³-hybridized carbons (Fsp3) is 0.0588. The SMILES string of the molecule is Cc1ccc(-c2nc3cnc4ccccc4n3c2O)cc1. The number of hydrogen-bond donors (Lipinski definition) is 1. The second-order valence-corrected chi connectivity index (χ2v) is 5.09. The van der Waals surface area contributed by atoms with Crippen molar-refractivity contribution in [3.8, 4) is 17.1 Å². The minimum atomic E-state index is 0.146. The maximum absolute atomic E-state index is 10.6. The van der Waals surface area contributed by atoms with E-state index < -0.39 is 0 Å². The van der Waals surface area contributed by atoms with E-state index in [1.165, 1.54) is 5.56 Å². The van der Waals surface area contributed by atoms with Crippen LogP contribution in [0, 0.1) is 6.92 Å². The zero-order chi connectivity index (χ0) is 14.4. The van der Waals surface area contributed by atoms with Gasteiger partial charge >= 0.3 is 0 Å². The molecule has 0 radical (unpaired) electrons. The largest absolute Gasteiger partial charge is 0.493 e. The van der Waals surface area contributed by atoms with Gasteiger partial charge in [0.1, 0.15) is 5.69 Å². The maximum Gasteiger partial charge on any atom is 0.224 e. The first-order chi connectivity index (χ1) is 10.2. The molecule has 0 spiro atoms. The quantitative estimate of drug-likeness (QED) is 0.578. The highest BCUT2D eigenvalue weighted by molar-refractivity contribution is 5.81. The predicted molar refractivity (Wildman–Crippen MR) is 82.3 cm³/mol. The molecule has 0 bridgehead atoms. The number of aromatic hydroxyl groups is 1. The number of fused-ring (bicyclic) bond motifs is 3. The Balaban J connectivity index is 2.06. The van der Waals surface area contributed by atoms with Crippen molar-refractivity contribution in [1.29, 1.82) is 0 Å². The molecule has 21 heavy (non-hydrogen) atoms. The van der Waals surface area contributed by atoms with Crippen molar-refractivity contribution >= 4 is 16.7 Å². The molecule has 0 aliphatic carbocycles. The maximum atomic E-state index is 10.6. The Morgan fingerprint density at radius 1 is 1.00 bits per heavy atom. The molecule has 4 rings (SSSR count). The second kappa shape index (κ2) is 4.31. The third-order valence-corrected chi connectivity index (χ3v) is 3.65. The van der Waals surface area contributed by atoms with E-state index in [9.17, 15) is 5.11 Å². The number of imidazole rings is 1. The molecule has 0 saturated heterocycles. The van der Waals surface area contributed by atoms with Crippen LogP contribution in [0.2, 0.25) is 0 Å². The summed E-state index contributed by atoms with van der Waals surface area (Å²) in [6.07, 6.45) is 1.68. The number of aromatic nitrogens is 3. The number of hydrogen-bond acceptors (Lipinski definition) is 3. The van der Waals surface area contributed by atoms with Gasteiger partial charge in [0.15, 0.2) is 5.65 Å². The summed E-state index contributed by atoms with van der Waals surface area (Å²) in [4.78, 5) is 8.89. The van der Waals surface area contributed by atoms with Gasteiger partial charge in [-0.3, -0.25) is 9.38 Å². The Labute approximate surface area is 121 Å². The van der Waals surface area contributed by atoms with Crippen LogP contribution in [0.5, 0.6) is 5.88 Å². The van der Waals surface area contributed by atoms with E-state index >= 15 is 0 Å². The molecule has 2 aromatic carbocycles. The predicted octanol–water partition coefficient (Wildman–Crippen LogP) is 3.56. The van der Waals surface area contributed by atoms with Gasteiger partial charge in [-0.05, 0) is 19.1 Å². The van der Waals surface area contributed by atoms with Gasteiger partial charge in [0.25, 0.3) is 0 Å². The summed E-state index contributed by atoms with van der Waals surface area (Å²) in [6, 6.07) is 15.6. The minimum absolute atomic E-state index is 0.146. The number of aryl methyl sites for hydroxylation is 1. The number of para-hydroxylation sites is 2. The minimum Gasteiger partial charge on any atom is -0.493 e. The van der Waals surface area contributed by atoms with E-state index in [2.05, 4.69) is 9.97 Å². The first-order valence-corrected chi connectivity index (χ1v) is 6.76. The fourth-order valence-corrected chi connectivity index (χ4v) is 2.55. The van der Waals surface area contributed by atoms with E-state index in [1.54, 1.807) is 10.6 Å². The molecular formula is C17H13N3O. The Kier molecular flexibility index (Phi) is 2.44. The first-order valence-electron chi connectivity index (χ1n) is 6.76. The van der Waals surface area contributed by atoms with E-state index in [0.717, 1.165) is 16.6 Å². The highest BCUT2D eigenvalue weighted by atomic mass is 16.3. The van der Waals surface area contributed by atoms with E-state index in [1.807, 2.05) is 55.5 Å². The lowest BCUT2D eigenvalue weighted by Crippen LogP contribution is -1.89. The van der Waals surface area contributed by atoms with Gasteiger partial charge < -0.3 is 5.11 Å². The number of nitrogens with zero attached hydrogens (tertiary/aromatic N) is 3. The van der Waals surface area contributed by atoms with Crippen LogP contribution < -0.4 is 0 Å². The monoisotopic (exact) mass is 275 g/mol. The normalized spacial score (nSPS) is 11.3. The summed E-state index contributed by atoms with van der Waals surface area (Å²) in [7, 11) is 0. The molecular weight excluding hydrogens is 262 g/mol. The number of benzene rings is 2. The lowest BCUT2D eigenvalue weighted by Gasteiger charge is -2.02. The zero-order valence-electron chi connectivity index (χ0n) is 11.5. The van der Waals surface area contributed by atoms with Crippen LogP contribution in [0.25, 0.3) is 27.9 Å². The van der Waals surface area contributed by atoms with Crippen LogP contribution >= 0.6 is 0 Å². The van der Waals surface area contributed by atoms with Crippen LogP contribution in [-0.4, -0.2) is 19.5 Å². The average Bonchev–Trinajstić information content (AvgIpc) is 2.86. The standard InChI is InChI=1S/C17H13N3O/c1-11-6-8-12(9-7-11)16-17(21)20-14-5-3-2-4-13(14)18-10-15(20)19-16/h2-10,21H,1H3. The summed E-state index contributed by atoms with van der Waals surface area (Å²) in [5, 5.41) is 10.6. The molecule has 0 atom stereocenters. The van der Waals surface area contributed by atoms with Crippen LogP contribution in [-0.2, 0) is 0 Å². The van der Waals surface area contributed by atoms with Gasteiger partial charge in [0, 0.05) is 5.56 Å². The molecule has 4 nitrogen and oxygen atoms in total. The highest BCUT2D eigenvalue weighted by Gasteiger charge is 2.15. The molecule has 4 aromatic rings. The molecule has 0 unspecified atom stereocenters. The molecule has 0 fully saturated rings. The van der Waals surface area contributed by atoms with E-state index in [4.69, 9.17) is 0 Å². The summed E-state index contributed by atoms with van der Waals surface area (Å²) < 4.78 is 1.73. The van der Waals surface area contributed by atoms with Crippen molar-refractivity contribution in [3.63, 3.8) is 0 Å². The summed E-state index contributed by atoms with van der Waals surface area (Å²) in [5.41, 5.74) is 4.96. The summed E-state index contributed by atoms with van der Waals surface area (Å²) >= 11 is 0.